The van der Waals surface area contributed by atoms with Gasteiger partial charge in [0.1, 0.15) is 22.7 Å². The molecule has 9 nitrogen and oxygen atoms in total. The Morgan fingerprint density at radius 3 is 2.33 bits per heavy atom. The third-order valence-electron chi connectivity index (χ3n) is 5.82. The SMILES string of the molecule is CCCCOC(=O)N1CCN(C(=O)C(NC(=O)c2cc(Cl)nc(-c3ccc(F)cc3)n2)C(C)C)CC1. The summed E-state index contributed by atoms with van der Waals surface area (Å²) in [5.41, 5.74) is 0.489. The van der Waals surface area contributed by atoms with Gasteiger partial charge in [-0.05, 0) is 36.6 Å². The molecule has 1 fully saturated rings. The van der Waals surface area contributed by atoms with E-state index >= 15 is 0 Å². The van der Waals surface area contributed by atoms with Crippen LogP contribution < -0.4 is 5.32 Å². The van der Waals surface area contributed by atoms with Crippen molar-refractivity contribution in [2.45, 2.75) is 39.7 Å². The fraction of sp³-hybridized carbons (Fsp3) is 0.480. The number of rotatable bonds is 8. The Hall–Kier alpha value is -3.27. The van der Waals surface area contributed by atoms with Crippen LogP contribution in [0.25, 0.3) is 11.4 Å². The number of benzene rings is 1. The highest BCUT2D eigenvalue weighted by Crippen LogP contribution is 2.19. The molecular weight excluding hydrogens is 489 g/mol. The van der Waals surface area contributed by atoms with Crippen LogP contribution in [0.5, 0.6) is 0 Å². The molecule has 3 amide bonds. The summed E-state index contributed by atoms with van der Waals surface area (Å²) in [6.07, 6.45) is 1.37. The first-order valence-corrected chi connectivity index (χ1v) is 12.4. The number of carbonyl (C=O) groups is 3. The number of ether oxygens (including phenoxy) is 1. The third kappa shape index (κ3) is 7.13. The van der Waals surface area contributed by atoms with Crippen LogP contribution in [0.1, 0.15) is 44.1 Å². The molecule has 0 spiro atoms. The first-order chi connectivity index (χ1) is 17.2. The van der Waals surface area contributed by atoms with Crippen LogP contribution in [-0.2, 0) is 9.53 Å². The average molecular weight is 520 g/mol. The zero-order valence-electron chi connectivity index (χ0n) is 20.7. The third-order valence-corrected chi connectivity index (χ3v) is 6.02. The molecule has 1 atom stereocenters. The summed E-state index contributed by atoms with van der Waals surface area (Å²) in [6.45, 7) is 7.47. The molecular formula is C25H31ClFN5O4. The average Bonchev–Trinajstić information content (AvgIpc) is 2.86. The van der Waals surface area contributed by atoms with Crippen molar-refractivity contribution in [3.8, 4) is 11.4 Å². The molecule has 0 radical (unpaired) electrons. The number of piperazine rings is 1. The molecule has 11 heteroatoms. The fourth-order valence-electron chi connectivity index (χ4n) is 3.69. The first kappa shape index (κ1) is 27.3. The topological polar surface area (TPSA) is 105 Å². The maximum atomic E-state index is 13.3. The van der Waals surface area contributed by atoms with E-state index < -0.39 is 17.8 Å². The zero-order chi connectivity index (χ0) is 26.2. The quantitative estimate of drug-likeness (QED) is 0.420. The molecule has 1 aliphatic rings. The summed E-state index contributed by atoms with van der Waals surface area (Å²) in [5.74, 6) is -1.26. The number of nitrogens with zero attached hydrogens (tertiary/aromatic N) is 4. The summed E-state index contributed by atoms with van der Waals surface area (Å²) < 4.78 is 18.5. The van der Waals surface area contributed by atoms with Crippen molar-refractivity contribution in [1.82, 2.24) is 25.1 Å². The largest absolute Gasteiger partial charge is 0.449 e. The molecule has 194 valence electrons. The first-order valence-electron chi connectivity index (χ1n) is 12.0. The number of carbonyl (C=O) groups excluding carboxylic acids is 3. The molecule has 2 heterocycles. The lowest BCUT2D eigenvalue weighted by molar-refractivity contribution is -0.135. The van der Waals surface area contributed by atoms with E-state index in [1.165, 1.54) is 30.3 Å². The number of hydrogen-bond acceptors (Lipinski definition) is 6. The van der Waals surface area contributed by atoms with Crippen LogP contribution >= 0.6 is 11.6 Å². The molecule has 1 N–H and O–H groups in total. The van der Waals surface area contributed by atoms with E-state index in [0.29, 0.717) is 38.3 Å². The second-order valence-corrected chi connectivity index (χ2v) is 9.27. The Kier molecular flexibility index (Phi) is 9.58. The van der Waals surface area contributed by atoms with Gasteiger partial charge in [0.2, 0.25) is 5.91 Å². The van der Waals surface area contributed by atoms with Crippen molar-refractivity contribution in [1.29, 1.82) is 0 Å². The molecule has 1 aromatic heterocycles. The molecule has 0 bridgehead atoms. The number of hydrogen-bond donors (Lipinski definition) is 1. The van der Waals surface area contributed by atoms with E-state index in [2.05, 4.69) is 15.3 Å². The predicted octanol–water partition coefficient (Wildman–Crippen LogP) is 3.77. The van der Waals surface area contributed by atoms with Crippen molar-refractivity contribution >= 4 is 29.5 Å². The van der Waals surface area contributed by atoms with Gasteiger partial charge in [0.15, 0.2) is 5.82 Å². The lowest BCUT2D eigenvalue weighted by Gasteiger charge is -2.36. The Labute approximate surface area is 215 Å². The summed E-state index contributed by atoms with van der Waals surface area (Å²) >= 11 is 6.11. The lowest BCUT2D eigenvalue weighted by atomic mass is 10.0. The summed E-state index contributed by atoms with van der Waals surface area (Å²) in [7, 11) is 0. The number of halogens is 2. The molecule has 1 aromatic carbocycles. The van der Waals surface area contributed by atoms with Gasteiger partial charge >= 0.3 is 6.09 Å². The fourth-order valence-corrected chi connectivity index (χ4v) is 3.88. The molecule has 0 saturated carbocycles. The highest BCUT2D eigenvalue weighted by atomic mass is 35.5. The van der Waals surface area contributed by atoms with Gasteiger partial charge in [-0.2, -0.15) is 0 Å². The Morgan fingerprint density at radius 2 is 1.72 bits per heavy atom. The highest BCUT2D eigenvalue weighted by Gasteiger charge is 2.32. The van der Waals surface area contributed by atoms with E-state index in [1.807, 2.05) is 20.8 Å². The van der Waals surface area contributed by atoms with Gasteiger partial charge in [-0.3, -0.25) is 9.59 Å². The lowest BCUT2D eigenvalue weighted by Crippen LogP contribution is -2.57. The van der Waals surface area contributed by atoms with Gasteiger partial charge < -0.3 is 19.9 Å². The molecule has 2 aromatic rings. The second kappa shape index (κ2) is 12.6. The number of amides is 3. The second-order valence-electron chi connectivity index (χ2n) is 8.88. The minimum atomic E-state index is -0.802. The smallest absolute Gasteiger partial charge is 0.409 e. The normalized spacial score (nSPS) is 14.5. The predicted molar refractivity (Wildman–Crippen MR) is 133 cm³/mol. The Morgan fingerprint density at radius 1 is 1.08 bits per heavy atom. The Bertz CT molecular complexity index is 1070. The van der Waals surface area contributed by atoms with E-state index in [0.717, 1.165) is 12.8 Å². The van der Waals surface area contributed by atoms with Crippen molar-refractivity contribution in [2.75, 3.05) is 32.8 Å². The summed E-state index contributed by atoms with van der Waals surface area (Å²) in [5, 5.41) is 2.81. The Balaban J connectivity index is 1.65. The van der Waals surface area contributed by atoms with Crippen LogP contribution in [0.4, 0.5) is 9.18 Å². The van der Waals surface area contributed by atoms with Gasteiger partial charge in [0.05, 0.1) is 6.61 Å². The van der Waals surface area contributed by atoms with Crippen molar-refractivity contribution < 1.29 is 23.5 Å². The number of nitrogens with one attached hydrogen (secondary N) is 1. The standard InChI is InChI=1S/C25H31ClFN5O4/c1-4-5-14-36-25(35)32-12-10-31(11-13-32)24(34)21(16(2)3)30-23(33)19-15-20(26)29-22(28-19)17-6-8-18(27)9-7-17/h6-9,15-16,21H,4-5,10-14H2,1-3H3,(H,30,33). The summed E-state index contributed by atoms with van der Waals surface area (Å²) in [4.78, 5) is 50.1. The van der Waals surface area contributed by atoms with Crippen LogP contribution in [0.2, 0.25) is 5.15 Å². The van der Waals surface area contributed by atoms with Gasteiger partial charge in [0.25, 0.3) is 5.91 Å². The van der Waals surface area contributed by atoms with Crippen LogP contribution in [0, 0.1) is 11.7 Å². The van der Waals surface area contributed by atoms with Crippen molar-refractivity contribution in [3.63, 3.8) is 0 Å². The number of aromatic nitrogens is 2. The molecule has 1 aliphatic heterocycles. The molecule has 1 saturated heterocycles. The van der Waals surface area contributed by atoms with Gasteiger partial charge in [0, 0.05) is 37.8 Å². The minimum absolute atomic E-state index is 0.00702. The zero-order valence-corrected chi connectivity index (χ0v) is 21.4. The van der Waals surface area contributed by atoms with E-state index in [9.17, 15) is 18.8 Å². The molecule has 3 rings (SSSR count). The van der Waals surface area contributed by atoms with Gasteiger partial charge in [-0.15, -0.1) is 0 Å². The van der Waals surface area contributed by atoms with E-state index in [1.54, 1.807) is 9.80 Å². The number of unbranched alkanes of at least 4 members (excludes halogenated alkanes) is 1. The maximum absolute atomic E-state index is 13.3. The van der Waals surface area contributed by atoms with Crippen molar-refractivity contribution in [2.24, 2.45) is 5.92 Å². The summed E-state index contributed by atoms with van der Waals surface area (Å²) in [6, 6.07) is 6.01. The minimum Gasteiger partial charge on any atom is -0.449 e. The van der Waals surface area contributed by atoms with E-state index in [4.69, 9.17) is 16.3 Å². The maximum Gasteiger partial charge on any atom is 0.409 e. The van der Waals surface area contributed by atoms with Crippen molar-refractivity contribution in [3.05, 3.63) is 47.0 Å². The van der Waals surface area contributed by atoms with E-state index in [-0.39, 0.29) is 34.6 Å². The monoisotopic (exact) mass is 519 g/mol. The van der Waals surface area contributed by atoms with Crippen LogP contribution in [0.3, 0.4) is 0 Å². The van der Waals surface area contributed by atoms with Crippen LogP contribution in [0.15, 0.2) is 30.3 Å². The molecule has 36 heavy (non-hydrogen) atoms. The highest BCUT2D eigenvalue weighted by molar-refractivity contribution is 6.29. The molecule has 1 unspecified atom stereocenters. The van der Waals surface area contributed by atoms with Gasteiger partial charge in [-0.1, -0.05) is 38.8 Å². The van der Waals surface area contributed by atoms with Crippen LogP contribution in [-0.4, -0.2) is 76.5 Å². The molecule has 0 aliphatic carbocycles. The van der Waals surface area contributed by atoms with Gasteiger partial charge in [-0.25, -0.2) is 19.2 Å².